The quantitative estimate of drug-likeness (QED) is 0.269. The maximum absolute atomic E-state index is 9.97. The van der Waals surface area contributed by atoms with Gasteiger partial charge in [-0.05, 0) is 47.4 Å². The van der Waals surface area contributed by atoms with Crippen LogP contribution in [0.1, 0.15) is 16.7 Å². The number of alkyl halides is 1. The molecule has 0 radical (unpaired) electrons. The molecule has 0 aromatic heterocycles. The average Bonchev–Trinajstić information content (AvgIpc) is 2.62. The third-order valence-electron chi connectivity index (χ3n) is 4.60. The van der Waals surface area contributed by atoms with Gasteiger partial charge in [-0.25, -0.2) is 0 Å². The molecule has 0 saturated heterocycles. The monoisotopic (exact) mass is 471 g/mol. The maximum atomic E-state index is 9.97. The molecule has 0 saturated carbocycles. The molecule has 1 unspecified atom stereocenters. The summed E-state index contributed by atoms with van der Waals surface area (Å²) >= 11 is 2.36. The summed E-state index contributed by atoms with van der Waals surface area (Å²) in [5.41, 5.74) is 3.00. The van der Waals surface area contributed by atoms with Crippen LogP contribution in [-0.2, 0) is 16.4 Å². The van der Waals surface area contributed by atoms with Gasteiger partial charge in [0.25, 0.3) is 0 Å². The highest BCUT2D eigenvalue weighted by Crippen LogP contribution is 2.44. The van der Waals surface area contributed by atoms with Gasteiger partial charge < -0.3 is 24.4 Å². The summed E-state index contributed by atoms with van der Waals surface area (Å²) in [6.45, 7) is 0.782. The van der Waals surface area contributed by atoms with Crippen LogP contribution in [0, 0.1) is 0 Å². The molecule has 0 bridgehead atoms. The summed E-state index contributed by atoms with van der Waals surface area (Å²) in [6, 6.07) is 7.14. The van der Waals surface area contributed by atoms with Crippen molar-refractivity contribution < 1.29 is 24.4 Å². The topological polar surface area (TPSA) is 80.2 Å². The van der Waals surface area contributed by atoms with E-state index in [1.54, 1.807) is 33.5 Å². The largest absolute Gasteiger partial charge is 0.504 e. The lowest BCUT2D eigenvalue weighted by atomic mass is 9.89. The van der Waals surface area contributed by atoms with E-state index in [0.717, 1.165) is 29.7 Å². The molecule has 1 aliphatic rings. The van der Waals surface area contributed by atoms with E-state index in [1.165, 1.54) is 0 Å². The first-order valence-corrected chi connectivity index (χ1v) is 9.28. The number of halogens is 1. The molecule has 3 rings (SSSR count). The number of hydrogen-bond acceptors (Lipinski definition) is 6. The van der Waals surface area contributed by atoms with E-state index in [-0.39, 0.29) is 11.5 Å². The van der Waals surface area contributed by atoms with Crippen LogP contribution in [-0.4, -0.2) is 38.1 Å². The molecule has 2 aromatic carbocycles. The fraction of sp³-hybridized carbons (Fsp3) is 0.368. The number of aromatic hydroxyl groups is 2. The minimum absolute atomic E-state index is 0.0859. The Kier molecular flexibility index (Phi) is 5.38. The van der Waals surface area contributed by atoms with Gasteiger partial charge in [0.2, 0.25) is 5.75 Å². The number of phenols is 2. The standard InChI is InChI=1S/C19H22INO5/c1-24-16-6-11(7-17(25-2)18(16)26-3)10-19(20)13-9-15(23)14(22)8-12(13)4-5-21-19/h6-9,21-23H,4-5,10H2,1-3H3. The third kappa shape index (κ3) is 3.37. The van der Waals surface area contributed by atoms with Crippen LogP contribution in [0.4, 0.5) is 0 Å². The molecule has 0 spiro atoms. The predicted molar refractivity (Wildman–Crippen MR) is 107 cm³/mol. The number of fused-ring (bicyclic) bond motifs is 1. The summed E-state index contributed by atoms with van der Waals surface area (Å²) in [4.78, 5) is 0. The predicted octanol–water partition coefficient (Wildman–Crippen LogP) is 3.10. The number of hydrogen-bond donors (Lipinski definition) is 3. The normalized spacial score (nSPS) is 18.9. The molecule has 3 N–H and O–H groups in total. The molecular formula is C19H22INO5. The first-order valence-electron chi connectivity index (χ1n) is 8.20. The molecule has 2 aromatic rings. The number of nitrogens with one attached hydrogen (secondary N) is 1. The van der Waals surface area contributed by atoms with Crippen LogP contribution in [0.25, 0.3) is 0 Å². The van der Waals surface area contributed by atoms with E-state index in [2.05, 4.69) is 27.9 Å². The summed E-state index contributed by atoms with van der Waals surface area (Å²) < 4.78 is 15.8. The van der Waals surface area contributed by atoms with Crippen LogP contribution in [0.3, 0.4) is 0 Å². The van der Waals surface area contributed by atoms with Crippen molar-refractivity contribution >= 4 is 22.6 Å². The van der Waals surface area contributed by atoms with E-state index in [0.29, 0.717) is 23.7 Å². The van der Waals surface area contributed by atoms with Gasteiger partial charge in [-0.2, -0.15) is 0 Å². The Bertz CT molecular complexity index is 801. The average molecular weight is 471 g/mol. The van der Waals surface area contributed by atoms with E-state index in [1.807, 2.05) is 12.1 Å². The Labute approximate surface area is 166 Å². The van der Waals surface area contributed by atoms with Crippen molar-refractivity contribution in [3.05, 3.63) is 41.0 Å². The first-order chi connectivity index (χ1) is 12.4. The SMILES string of the molecule is COc1cc(CC2(I)NCCc3cc(O)c(O)cc32)cc(OC)c1OC. The molecule has 1 atom stereocenters. The number of benzene rings is 2. The molecule has 6 nitrogen and oxygen atoms in total. The van der Waals surface area contributed by atoms with E-state index >= 15 is 0 Å². The van der Waals surface area contributed by atoms with Crippen molar-refractivity contribution in [2.24, 2.45) is 0 Å². The Morgan fingerprint density at radius 2 is 1.62 bits per heavy atom. The van der Waals surface area contributed by atoms with E-state index in [4.69, 9.17) is 14.2 Å². The van der Waals surface area contributed by atoms with Gasteiger partial charge in [0, 0.05) is 13.0 Å². The fourth-order valence-corrected chi connectivity index (χ4v) is 4.57. The van der Waals surface area contributed by atoms with Crippen molar-refractivity contribution in [3.63, 3.8) is 0 Å². The van der Waals surface area contributed by atoms with Gasteiger partial charge in [0.05, 0.1) is 21.3 Å². The number of ether oxygens (including phenoxy) is 3. The molecule has 0 amide bonds. The minimum Gasteiger partial charge on any atom is -0.504 e. The van der Waals surface area contributed by atoms with Crippen LogP contribution < -0.4 is 19.5 Å². The van der Waals surface area contributed by atoms with Crippen LogP contribution in [0.5, 0.6) is 28.7 Å². The van der Waals surface area contributed by atoms with Crippen LogP contribution in [0.2, 0.25) is 0 Å². The van der Waals surface area contributed by atoms with Crippen LogP contribution >= 0.6 is 22.6 Å². The summed E-state index contributed by atoms with van der Waals surface area (Å²) in [5.74, 6) is 1.56. The van der Waals surface area contributed by atoms with Gasteiger partial charge in [0.15, 0.2) is 23.0 Å². The highest BCUT2D eigenvalue weighted by atomic mass is 127. The summed E-state index contributed by atoms with van der Waals surface area (Å²) in [7, 11) is 4.76. The minimum atomic E-state index is -0.429. The molecule has 1 aliphatic heterocycles. The zero-order chi connectivity index (χ0) is 18.9. The number of methoxy groups -OCH3 is 3. The lowest BCUT2D eigenvalue weighted by Gasteiger charge is -2.36. The Hall–Kier alpha value is -1.87. The second-order valence-corrected chi connectivity index (χ2v) is 8.03. The maximum Gasteiger partial charge on any atom is 0.203 e. The molecule has 0 aliphatic carbocycles. The van der Waals surface area contributed by atoms with Crippen molar-refractivity contribution in [1.82, 2.24) is 5.32 Å². The molecular weight excluding hydrogens is 449 g/mol. The van der Waals surface area contributed by atoms with Crippen LogP contribution in [0.15, 0.2) is 24.3 Å². The zero-order valence-corrected chi connectivity index (χ0v) is 17.1. The second-order valence-electron chi connectivity index (χ2n) is 6.19. The molecule has 26 heavy (non-hydrogen) atoms. The molecule has 140 valence electrons. The van der Waals surface area contributed by atoms with Gasteiger partial charge in [-0.3, -0.25) is 5.32 Å². The highest BCUT2D eigenvalue weighted by Gasteiger charge is 2.35. The number of phenolic OH excluding ortho intramolecular Hbond substituents is 2. The first kappa shape index (κ1) is 18.9. The summed E-state index contributed by atoms with van der Waals surface area (Å²) in [5, 5.41) is 23.3. The second kappa shape index (κ2) is 7.40. The van der Waals surface area contributed by atoms with Gasteiger partial charge in [-0.15, -0.1) is 0 Å². The van der Waals surface area contributed by atoms with Gasteiger partial charge >= 0.3 is 0 Å². The lowest BCUT2D eigenvalue weighted by Crippen LogP contribution is -2.44. The van der Waals surface area contributed by atoms with Crippen molar-refractivity contribution in [1.29, 1.82) is 0 Å². The molecule has 0 fully saturated rings. The van der Waals surface area contributed by atoms with Crippen molar-refractivity contribution in [2.45, 2.75) is 16.4 Å². The fourth-order valence-electron chi connectivity index (χ4n) is 3.36. The van der Waals surface area contributed by atoms with E-state index < -0.39 is 3.55 Å². The van der Waals surface area contributed by atoms with E-state index in [9.17, 15) is 10.2 Å². The highest BCUT2D eigenvalue weighted by molar-refractivity contribution is 14.1. The molecule has 1 heterocycles. The molecule has 7 heteroatoms. The zero-order valence-electron chi connectivity index (χ0n) is 14.9. The van der Waals surface area contributed by atoms with Gasteiger partial charge in [-0.1, -0.05) is 22.6 Å². The third-order valence-corrected chi connectivity index (χ3v) is 5.94. The van der Waals surface area contributed by atoms with Crippen molar-refractivity contribution in [3.8, 4) is 28.7 Å². The number of rotatable bonds is 5. The summed E-state index contributed by atoms with van der Waals surface area (Å²) in [6.07, 6.45) is 1.44. The Morgan fingerprint density at radius 1 is 1.00 bits per heavy atom. The smallest absolute Gasteiger partial charge is 0.203 e. The lowest BCUT2D eigenvalue weighted by molar-refractivity contribution is 0.323. The van der Waals surface area contributed by atoms with Crippen molar-refractivity contribution in [2.75, 3.05) is 27.9 Å². The Morgan fingerprint density at radius 3 is 2.19 bits per heavy atom. The Balaban J connectivity index is 2.03. The van der Waals surface area contributed by atoms with Gasteiger partial charge in [0.1, 0.15) is 3.55 Å².